The Hall–Kier alpha value is -0.340. The van der Waals surface area contributed by atoms with Crippen LogP contribution in [0.5, 0.6) is 0 Å². The van der Waals surface area contributed by atoms with E-state index in [0.717, 1.165) is 31.7 Å². The Bertz CT molecular complexity index is 313. The highest BCUT2D eigenvalue weighted by Gasteiger charge is 1.97. The molecule has 0 fully saturated rings. The summed E-state index contributed by atoms with van der Waals surface area (Å²) in [4.78, 5) is 0. The van der Waals surface area contributed by atoms with E-state index < -0.39 is 0 Å². The van der Waals surface area contributed by atoms with Crippen LogP contribution >= 0.6 is 0 Å². The summed E-state index contributed by atoms with van der Waals surface area (Å²) < 4.78 is 10.7. The van der Waals surface area contributed by atoms with Crippen molar-refractivity contribution in [2.45, 2.75) is 130 Å². The van der Waals surface area contributed by atoms with Gasteiger partial charge in [0.25, 0.3) is 0 Å². The summed E-state index contributed by atoms with van der Waals surface area (Å²) in [5.74, 6) is 5.19. The van der Waals surface area contributed by atoms with E-state index in [1.165, 1.54) is 12.8 Å². The number of allylic oxidation sites excluding steroid dienone is 2. The Balaban J connectivity index is -0.000000170. The highest BCUT2D eigenvalue weighted by molar-refractivity contribution is 4.86. The summed E-state index contributed by atoms with van der Waals surface area (Å²) in [6, 6.07) is 0. The van der Waals surface area contributed by atoms with E-state index in [2.05, 4.69) is 123 Å². The van der Waals surface area contributed by atoms with Crippen molar-refractivity contribution >= 4 is 0 Å². The Kier molecular flexibility index (Phi) is 33.7. The third kappa shape index (κ3) is 65.3. The minimum atomic E-state index is 0.386. The van der Waals surface area contributed by atoms with Crippen LogP contribution in [0, 0.1) is 41.4 Å². The maximum absolute atomic E-state index is 5.36. The van der Waals surface area contributed by atoms with Crippen molar-refractivity contribution < 1.29 is 9.47 Å². The standard InChI is InChI=1S/C8H18O.C8H18.C8H16.C7H16O/c1-7(2)5-9-6-8(3)4;2*1-7(2)5-6-8(3)4;1-6(2)5-8-7(3)4/h7-8H,5-6H2,1-4H3;7-8H,5-6H2,1-4H3;5-8H,1-4H3;6-7H,5H2,1-4H3/b;;6-5+;. The highest BCUT2D eigenvalue weighted by atomic mass is 16.5. The van der Waals surface area contributed by atoms with Crippen molar-refractivity contribution in [3.05, 3.63) is 12.2 Å². The molecule has 0 radical (unpaired) electrons. The first-order valence-corrected chi connectivity index (χ1v) is 13.9. The SMILES string of the molecule is CC(C)/C=C/C(C)C.CC(C)CCC(C)C.CC(C)COC(C)C.CC(C)COCC(C)C. The van der Waals surface area contributed by atoms with E-state index >= 15 is 0 Å². The van der Waals surface area contributed by atoms with Gasteiger partial charge in [0.1, 0.15) is 0 Å². The summed E-state index contributed by atoms with van der Waals surface area (Å²) in [6.45, 7) is 37.7. The van der Waals surface area contributed by atoms with Crippen molar-refractivity contribution in [3.8, 4) is 0 Å². The van der Waals surface area contributed by atoms with Gasteiger partial charge < -0.3 is 9.47 Å². The molecule has 0 aromatic carbocycles. The molecule has 0 aromatic heterocycles. The van der Waals surface area contributed by atoms with Gasteiger partial charge in [-0.2, -0.15) is 0 Å². The molecule has 0 rings (SSSR count). The Morgan fingerprint density at radius 3 is 0.879 bits per heavy atom. The van der Waals surface area contributed by atoms with Crippen molar-refractivity contribution in [2.24, 2.45) is 41.4 Å². The van der Waals surface area contributed by atoms with Crippen LogP contribution in [-0.2, 0) is 9.47 Å². The van der Waals surface area contributed by atoms with Crippen LogP contribution < -0.4 is 0 Å². The van der Waals surface area contributed by atoms with Gasteiger partial charge in [-0.05, 0) is 55.3 Å². The number of hydrogen-bond donors (Lipinski definition) is 0. The summed E-state index contributed by atoms with van der Waals surface area (Å²) in [7, 11) is 0. The minimum Gasteiger partial charge on any atom is -0.381 e. The lowest BCUT2D eigenvalue weighted by Gasteiger charge is -2.08. The second-order valence-corrected chi connectivity index (χ2v) is 12.3. The minimum absolute atomic E-state index is 0.386. The Morgan fingerprint density at radius 1 is 0.424 bits per heavy atom. The summed E-state index contributed by atoms with van der Waals surface area (Å²) in [5, 5.41) is 0. The topological polar surface area (TPSA) is 18.5 Å². The lowest BCUT2D eigenvalue weighted by atomic mass is 10.0. The first kappa shape index (κ1) is 39.9. The number of hydrogen-bond acceptors (Lipinski definition) is 2. The zero-order valence-corrected chi connectivity index (χ0v) is 26.1. The molecule has 204 valence electrons. The summed E-state index contributed by atoms with van der Waals surface area (Å²) in [6.07, 6.45) is 7.64. The molecule has 0 atom stereocenters. The van der Waals surface area contributed by atoms with E-state index in [9.17, 15) is 0 Å². The lowest BCUT2D eigenvalue weighted by Crippen LogP contribution is -2.08. The first-order valence-electron chi connectivity index (χ1n) is 13.9. The maximum atomic E-state index is 5.36. The molecular weight excluding hydrogens is 404 g/mol. The molecule has 0 aromatic rings. The monoisotopic (exact) mass is 473 g/mol. The van der Waals surface area contributed by atoms with Crippen LogP contribution in [-0.4, -0.2) is 25.9 Å². The smallest absolute Gasteiger partial charge is 0.0518 e. The molecular formula is C31H68O2. The number of rotatable bonds is 12. The molecule has 0 spiro atoms. The largest absolute Gasteiger partial charge is 0.381 e. The maximum Gasteiger partial charge on any atom is 0.0518 e. The molecule has 0 amide bonds. The predicted molar refractivity (Wildman–Crippen MR) is 154 cm³/mol. The van der Waals surface area contributed by atoms with Gasteiger partial charge in [0.05, 0.1) is 6.10 Å². The normalized spacial score (nSPS) is 11.5. The molecule has 0 bridgehead atoms. The van der Waals surface area contributed by atoms with Crippen LogP contribution in [0.4, 0.5) is 0 Å². The molecule has 0 aliphatic carbocycles. The highest BCUT2D eigenvalue weighted by Crippen LogP contribution is 2.09. The van der Waals surface area contributed by atoms with E-state index in [1.54, 1.807) is 0 Å². The molecule has 0 unspecified atom stereocenters. The lowest BCUT2D eigenvalue weighted by molar-refractivity contribution is 0.0593. The predicted octanol–water partition coefficient (Wildman–Crippen LogP) is 10.3. The Labute approximate surface area is 212 Å². The number of ether oxygens (including phenoxy) is 2. The fourth-order valence-corrected chi connectivity index (χ4v) is 2.04. The van der Waals surface area contributed by atoms with Crippen LogP contribution in [0.1, 0.15) is 124 Å². The van der Waals surface area contributed by atoms with Crippen LogP contribution in [0.2, 0.25) is 0 Å². The molecule has 0 aliphatic rings. The van der Waals surface area contributed by atoms with Crippen LogP contribution in [0.3, 0.4) is 0 Å². The van der Waals surface area contributed by atoms with Gasteiger partial charge in [0, 0.05) is 19.8 Å². The van der Waals surface area contributed by atoms with Gasteiger partial charge in [0.15, 0.2) is 0 Å². The quantitative estimate of drug-likeness (QED) is 0.263. The molecule has 0 saturated heterocycles. The third-order valence-corrected chi connectivity index (χ3v) is 3.87. The second-order valence-electron chi connectivity index (χ2n) is 12.3. The van der Waals surface area contributed by atoms with Gasteiger partial charge >= 0.3 is 0 Å². The molecule has 2 heteroatoms. The average Bonchev–Trinajstić information content (AvgIpc) is 2.64. The fraction of sp³-hybridized carbons (Fsp3) is 0.935. The zero-order chi connectivity index (χ0) is 27.0. The van der Waals surface area contributed by atoms with Crippen molar-refractivity contribution in [3.63, 3.8) is 0 Å². The van der Waals surface area contributed by atoms with Gasteiger partial charge in [-0.3, -0.25) is 0 Å². The summed E-state index contributed by atoms with van der Waals surface area (Å²) in [5.41, 5.74) is 0. The summed E-state index contributed by atoms with van der Waals surface area (Å²) >= 11 is 0. The molecule has 2 nitrogen and oxygen atoms in total. The van der Waals surface area contributed by atoms with Gasteiger partial charge in [-0.15, -0.1) is 0 Å². The van der Waals surface area contributed by atoms with Crippen molar-refractivity contribution in [1.29, 1.82) is 0 Å². The van der Waals surface area contributed by atoms with Crippen molar-refractivity contribution in [2.75, 3.05) is 19.8 Å². The van der Waals surface area contributed by atoms with Gasteiger partial charge in [0.2, 0.25) is 0 Å². The van der Waals surface area contributed by atoms with Crippen molar-refractivity contribution in [1.82, 2.24) is 0 Å². The van der Waals surface area contributed by atoms with Gasteiger partial charge in [-0.1, -0.05) is 122 Å². The molecule has 0 saturated carbocycles. The van der Waals surface area contributed by atoms with E-state index in [1.807, 2.05) is 0 Å². The van der Waals surface area contributed by atoms with E-state index in [4.69, 9.17) is 9.47 Å². The van der Waals surface area contributed by atoms with E-state index in [0.29, 0.717) is 35.7 Å². The van der Waals surface area contributed by atoms with Gasteiger partial charge in [-0.25, -0.2) is 0 Å². The van der Waals surface area contributed by atoms with E-state index in [-0.39, 0.29) is 0 Å². The Morgan fingerprint density at radius 2 is 0.727 bits per heavy atom. The molecule has 0 N–H and O–H groups in total. The zero-order valence-electron chi connectivity index (χ0n) is 26.1. The third-order valence-electron chi connectivity index (χ3n) is 3.87. The average molecular weight is 473 g/mol. The van der Waals surface area contributed by atoms with Crippen LogP contribution in [0.15, 0.2) is 12.2 Å². The molecule has 0 heterocycles. The second kappa shape index (κ2) is 27.9. The van der Waals surface area contributed by atoms with Crippen LogP contribution in [0.25, 0.3) is 0 Å². The first-order chi connectivity index (χ1) is 15.0. The fourth-order valence-electron chi connectivity index (χ4n) is 2.04. The molecule has 0 aliphatic heterocycles. The molecule has 33 heavy (non-hydrogen) atoms.